The lowest BCUT2D eigenvalue weighted by molar-refractivity contribution is -0.134. The Hall–Kier alpha value is -1.14. The summed E-state index contributed by atoms with van der Waals surface area (Å²) in [5, 5.41) is 8.65. The van der Waals surface area contributed by atoms with Crippen LogP contribution >= 0.6 is 0 Å². The molecule has 0 radical (unpaired) electrons. The number of aliphatic hydroxyl groups is 1. The van der Waals surface area contributed by atoms with Gasteiger partial charge in [0.05, 0.1) is 19.1 Å². The van der Waals surface area contributed by atoms with Crippen molar-refractivity contribution in [3.8, 4) is 0 Å². The summed E-state index contributed by atoms with van der Waals surface area (Å²) in [6.45, 7) is 2.32. The van der Waals surface area contributed by atoms with Gasteiger partial charge in [0.15, 0.2) is 0 Å². The Morgan fingerprint density at radius 3 is 2.43 bits per heavy atom. The molecular weight excluding hydrogens is 186 g/mol. The highest BCUT2D eigenvalue weighted by Crippen LogP contribution is 1.96. The Balaban J connectivity index is 4.19. The van der Waals surface area contributed by atoms with Crippen molar-refractivity contribution in [2.24, 2.45) is 11.5 Å². The van der Waals surface area contributed by atoms with Crippen molar-refractivity contribution < 1.29 is 14.7 Å². The molecule has 2 amide bonds. The highest BCUT2D eigenvalue weighted by Gasteiger charge is 2.20. The van der Waals surface area contributed by atoms with Crippen molar-refractivity contribution in [3.63, 3.8) is 0 Å². The number of nitrogens with two attached hydrogens (primary N) is 2. The molecular formula is C8H17N3O3. The minimum absolute atomic E-state index is 0.122. The molecule has 1 unspecified atom stereocenters. The maximum Gasteiger partial charge on any atom is 0.240 e. The largest absolute Gasteiger partial charge is 0.395 e. The van der Waals surface area contributed by atoms with Crippen LogP contribution in [-0.4, -0.2) is 47.6 Å². The predicted octanol–water partition coefficient (Wildman–Crippen LogP) is -1.97. The van der Waals surface area contributed by atoms with Crippen LogP contribution in [0.1, 0.15) is 13.3 Å². The normalized spacial score (nSPS) is 12.2. The minimum Gasteiger partial charge on any atom is -0.395 e. The van der Waals surface area contributed by atoms with Gasteiger partial charge in [0.2, 0.25) is 11.8 Å². The number of rotatable bonds is 6. The van der Waals surface area contributed by atoms with Crippen molar-refractivity contribution in [3.05, 3.63) is 0 Å². The van der Waals surface area contributed by atoms with Crippen molar-refractivity contribution in [2.75, 3.05) is 19.7 Å². The second kappa shape index (κ2) is 6.33. The zero-order valence-electron chi connectivity index (χ0n) is 8.27. The van der Waals surface area contributed by atoms with E-state index in [1.807, 2.05) is 0 Å². The highest BCUT2D eigenvalue weighted by molar-refractivity contribution is 5.87. The molecule has 6 heteroatoms. The summed E-state index contributed by atoms with van der Waals surface area (Å²) < 4.78 is 0. The van der Waals surface area contributed by atoms with Gasteiger partial charge in [-0.2, -0.15) is 0 Å². The third-order valence-electron chi connectivity index (χ3n) is 1.80. The maximum atomic E-state index is 11.5. The van der Waals surface area contributed by atoms with Crippen LogP contribution < -0.4 is 11.5 Å². The fraction of sp³-hybridized carbons (Fsp3) is 0.750. The summed E-state index contributed by atoms with van der Waals surface area (Å²) in [6, 6.07) is -0.904. The first-order valence-electron chi connectivity index (χ1n) is 4.46. The van der Waals surface area contributed by atoms with Crippen molar-refractivity contribution in [1.82, 2.24) is 4.90 Å². The third-order valence-corrected chi connectivity index (χ3v) is 1.80. The smallest absolute Gasteiger partial charge is 0.240 e. The second-order valence-electron chi connectivity index (χ2n) is 2.92. The van der Waals surface area contributed by atoms with E-state index in [0.717, 1.165) is 0 Å². The molecule has 0 saturated heterocycles. The van der Waals surface area contributed by atoms with E-state index in [9.17, 15) is 9.59 Å². The fourth-order valence-corrected chi connectivity index (χ4v) is 1.08. The van der Waals surface area contributed by atoms with Crippen molar-refractivity contribution in [2.45, 2.75) is 19.4 Å². The molecule has 0 aromatic heterocycles. The fourth-order valence-electron chi connectivity index (χ4n) is 1.08. The van der Waals surface area contributed by atoms with Gasteiger partial charge < -0.3 is 21.5 Å². The van der Waals surface area contributed by atoms with E-state index in [0.29, 0.717) is 6.54 Å². The molecule has 0 aliphatic carbocycles. The van der Waals surface area contributed by atoms with E-state index in [-0.39, 0.29) is 25.5 Å². The number of hydrogen-bond acceptors (Lipinski definition) is 4. The first kappa shape index (κ1) is 12.9. The summed E-state index contributed by atoms with van der Waals surface area (Å²) in [7, 11) is 0. The molecule has 0 saturated carbocycles. The van der Waals surface area contributed by atoms with Crippen LogP contribution in [0.3, 0.4) is 0 Å². The number of carbonyl (C=O) groups excluding carboxylic acids is 2. The Morgan fingerprint density at radius 1 is 1.50 bits per heavy atom. The minimum atomic E-state index is -0.904. The Kier molecular flexibility index (Phi) is 5.82. The topological polar surface area (TPSA) is 110 Å². The molecule has 0 rings (SSSR count). The predicted molar refractivity (Wildman–Crippen MR) is 51.1 cm³/mol. The van der Waals surface area contributed by atoms with Crippen LogP contribution in [0.2, 0.25) is 0 Å². The summed E-state index contributed by atoms with van der Waals surface area (Å²) in [5.41, 5.74) is 10.4. The number of carbonyl (C=O) groups is 2. The summed E-state index contributed by atoms with van der Waals surface area (Å²) in [6.07, 6.45) is -0.166. The molecule has 0 spiro atoms. The molecule has 0 aromatic carbocycles. The summed E-state index contributed by atoms with van der Waals surface area (Å²) >= 11 is 0. The molecule has 82 valence electrons. The van der Waals surface area contributed by atoms with Crippen LogP contribution in [0.25, 0.3) is 0 Å². The lowest BCUT2D eigenvalue weighted by Gasteiger charge is -2.22. The van der Waals surface area contributed by atoms with Gasteiger partial charge in [-0.15, -0.1) is 0 Å². The quantitative estimate of drug-likeness (QED) is 0.465. The van der Waals surface area contributed by atoms with Crippen molar-refractivity contribution in [1.29, 1.82) is 0 Å². The summed E-state index contributed by atoms with van der Waals surface area (Å²) in [5.74, 6) is -0.966. The van der Waals surface area contributed by atoms with Gasteiger partial charge >= 0.3 is 0 Å². The number of amides is 2. The number of hydrogen-bond donors (Lipinski definition) is 3. The monoisotopic (exact) mass is 203 g/mol. The zero-order valence-corrected chi connectivity index (χ0v) is 8.27. The third kappa shape index (κ3) is 4.20. The molecule has 0 aromatic rings. The van der Waals surface area contributed by atoms with Gasteiger partial charge in [0, 0.05) is 13.1 Å². The van der Waals surface area contributed by atoms with E-state index in [1.54, 1.807) is 6.92 Å². The molecule has 0 aliphatic heterocycles. The molecule has 1 atom stereocenters. The summed E-state index contributed by atoms with van der Waals surface area (Å²) in [4.78, 5) is 23.4. The first-order chi connectivity index (χ1) is 6.52. The molecule has 0 fully saturated rings. The van der Waals surface area contributed by atoms with Gasteiger partial charge in [-0.05, 0) is 6.92 Å². The average molecular weight is 203 g/mol. The molecule has 0 heterocycles. The van der Waals surface area contributed by atoms with Crippen LogP contribution in [-0.2, 0) is 9.59 Å². The van der Waals surface area contributed by atoms with E-state index < -0.39 is 11.9 Å². The molecule has 5 N–H and O–H groups in total. The van der Waals surface area contributed by atoms with Gasteiger partial charge in [-0.1, -0.05) is 0 Å². The van der Waals surface area contributed by atoms with Crippen molar-refractivity contribution >= 4 is 11.8 Å². The Labute approximate surface area is 82.9 Å². The first-order valence-corrected chi connectivity index (χ1v) is 4.46. The Bertz CT molecular complexity index is 208. The van der Waals surface area contributed by atoms with E-state index in [2.05, 4.69) is 0 Å². The number of nitrogens with zero attached hydrogens (tertiary/aromatic N) is 1. The van der Waals surface area contributed by atoms with Crippen LogP contribution in [0.5, 0.6) is 0 Å². The second-order valence-corrected chi connectivity index (χ2v) is 2.92. The maximum absolute atomic E-state index is 11.5. The van der Waals surface area contributed by atoms with E-state index in [1.165, 1.54) is 4.90 Å². The van der Waals surface area contributed by atoms with E-state index >= 15 is 0 Å². The van der Waals surface area contributed by atoms with Crippen LogP contribution in [0.4, 0.5) is 0 Å². The van der Waals surface area contributed by atoms with Gasteiger partial charge in [-0.3, -0.25) is 9.59 Å². The van der Waals surface area contributed by atoms with Gasteiger partial charge in [0.25, 0.3) is 0 Å². The van der Waals surface area contributed by atoms with E-state index in [4.69, 9.17) is 16.6 Å². The SMILES string of the molecule is CCN(CCO)C(=O)C(N)CC(N)=O. The van der Waals surface area contributed by atoms with Gasteiger partial charge in [-0.25, -0.2) is 0 Å². The standard InChI is InChI=1S/C8H17N3O3/c1-2-11(3-4-12)8(14)6(9)5-7(10)13/h6,12H,2-5,9H2,1H3,(H2,10,13). The lowest BCUT2D eigenvalue weighted by Crippen LogP contribution is -2.46. The zero-order chi connectivity index (χ0) is 11.1. The molecule has 6 nitrogen and oxygen atoms in total. The van der Waals surface area contributed by atoms with Crippen LogP contribution in [0.15, 0.2) is 0 Å². The number of aliphatic hydroxyl groups excluding tert-OH is 1. The van der Waals surface area contributed by atoms with Crippen LogP contribution in [0, 0.1) is 0 Å². The number of primary amides is 1. The average Bonchev–Trinajstić information content (AvgIpc) is 2.12. The van der Waals surface area contributed by atoms with Gasteiger partial charge in [0.1, 0.15) is 0 Å². The molecule has 0 bridgehead atoms. The Morgan fingerprint density at radius 2 is 2.07 bits per heavy atom. The lowest BCUT2D eigenvalue weighted by atomic mass is 10.2. The molecule has 0 aliphatic rings. The molecule has 14 heavy (non-hydrogen) atoms. The number of likely N-dealkylation sites (N-methyl/N-ethyl adjacent to an activating group) is 1. The highest BCUT2D eigenvalue weighted by atomic mass is 16.3.